The van der Waals surface area contributed by atoms with Gasteiger partial charge in [0.1, 0.15) is 11.5 Å². The number of rotatable bonds is 11. The van der Waals surface area contributed by atoms with Crippen molar-refractivity contribution < 1.29 is 9.59 Å². The minimum atomic E-state index is -0.646. The zero-order valence-electron chi connectivity index (χ0n) is 17.8. The molecule has 0 saturated carbocycles. The van der Waals surface area contributed by atoms with Gasteiger partial charge >= 0.3 is 11.7 Å². The first-order valence-electron chi connectivity index (χ1n) is 10.2. The van der Waals surface area contributed by atoms with E-state index in [1.807, 2.05) is 27.7 Å². The minimum absolute atomic E-state index is 0.0270. The molecule has 29 heavy (non-hydrogen) atoms. The number of anilines is 2. The second-order valence-electron chi connectivity index (χ2n) is 7.41. The first-order valence-corrected chi connectivity index (χ1v) is 10.2. The summed E-state index contributed by atoms with van der Waals surface area (Å²) in [7, 11) is 0. The molecule has 1 aromatic heterocycles. The van der Waals surface area contributed by atoms with Gasteiger partial charge in [0.2, 0.25) is 5.91 Å². The van der Waals surface area contributed by atoms with E-state index < -0.39 is 23.2 Å². The normalized spacial score (nSPS) is 10.8. The van der Waals surface area contributed by atoms with Crippen molar-refractivity contribution in [3.63, 3.8) is 0 Å². The monoisotopic (exact) mass is 410 g/mol. The molecule has 0 unspecified atom stereocenters. The van der Waals surface area contributed by atoms with E-state index in [9.17, 15) is 19.2 Å². The second kappa shape index (κ2) is 11.9. The summed E-state index contributed by atoms with van der Waals surface area (Å²) in [5.74, 6) is -0.216. The van der Waals surface area contributed by atoms with Crippen LogP contribution in [0.25, 0.3) is 0 Å². The third-order valence-corrected chi connectivity index (χ3v) is 4.36. The predicted octanol–water partition coefficient (Wildman–Crippen LogP) is 1.01. The molecule has 10 nitrogen and oxygen atoms in total. The van der Waals surface area contributed by atoms with E-state index in [-0.39, 0.29) is 18.1 Å². The van der Waals surface area contributed by atoms with Gasteiger partial charge in [0.25, 0.3) is 5.56 Å². The van der Waals surface area contributed by atoms with Gasteiger partial charge < -0.3 is 16.0 Å². The Morgan fingerprint density at radius 3 is 2.48 bits per heavy atom. The Hall–Kier alpha value is -2.78. The fourth-order valence-electron chi connectivity index (χ4n) is 2.73. The molecule has 0 spiro atoms. The van der Waals surface area contributed by atoms with Gasteiger partial charge in [0.05, 0.1) is 6.54 Å². The van der Waals surface area contributed by atoms with E-state index >= 15 is 0 Å². The summed E-state index contributed by atoms with van der Waals surface area (Å²) < 4.78 is 1.31. The van der Waals surface area contributed by atoms with E-state index in [1.54, 1.807) is 0 Å². The summed E-state index contributed by atoms with van der Waals surface area (Å²) in [6.07, 6.45) is 3.02. The average molecular weight is 411 g/mol. The molecule has 3 amide bonds. The maximum atomic E-state index is 12.5. The van der Waals surface area contributed by atoms with Crippen LogP contribution in [-0.4, -0.2) is 41.1 Å². The summed E-state index contributed by atoms with van der Waals surface area (Å²) in [6, 6.07) is -0.588. The number of carbonyl (C=O) groups is 2. The van der Waals surface area contributed by atoms with Gasteiger partial charge in [-0.2, -0.15) is 0 Å². The molecular weight excluding hydrogens is 376 g/mol. The van der Waals surface area contributed by atoms with Gasteiger partial charge in [-0.25, -0.2) is 9.59 Å². The van der Waals surface area contributed by atoms with Crippen molar-refractivity contribution in [1.82, 2.24) is 20.2 Å². The van der Waals surface area contributed by atoms with E-state index in [2.05, 4.69) is 15.6 Å². The smallest absolute Gasteiger partial charge is 0.330 e. The molecule has 0 aliphatic heterocycles. The summed E-state index contributed by atoms with van der Waals surface area (Å²) >= 11 is 0. The summed E-state index contributed by atoms with van der Waals surface area (Å²) in [4.78, 5) is 52.6. The summed E-state index contributed by atoms with van der Waals surface area (Å²) in [5, 5.41) is 4.81. The average Bonchev–Trinajstić information content (AvgIpc) is 2.63. The minimum Gasteiger partial charge on any atom is -0.383 e. The number of carbonyl (C=O) groups excluding carboxylic acids is 2. The maximum absolute atomic E-state index is 12.5. The van der Waals surface area contributed by atoms with Crippen molar-refractivity contribution in [2.24, 2.45) is 5.92 Å². The topological polar surface area (TPSA) is 142 Å². The molecule has 1 heterocycles. The fraction of sp³-hybridized carbons (Fsp3) is 0.684. The number of urea groups is 1. The Morgan fingerprint density at radius 1 is 1.21 bits per heavy atom. The Labute approximate surface area is 170 Å². The van der Waals surface area contributed by atoms with Crippen molar-refractivity contribution in [3.05, 3.63) is 20.8 Å². The number of aromatic nitrogens is 2. The number of nitrogen functional groups attached to an aromatic ring is 1. The van der Waals surface area contributed by atoms with Gasteiger partial charge in [-0.1, -0.05) is 34.1 Å². The number of imide groups is 1. The number of unbranched alkanes of at least 4 members (excludes halogenated alkanes) is 1. The predicted molar refractivity (Wildman–Crippen MR) is 114 cm³/mol. The molecule has 1 rings (SSSR count). The van der Waals surface area contributed by atoms with Gasteiger partial charge in [0.15, 0.2) is 0 Å². The van der Waals surface area contributed by atoms with Crippen LogP contribution < -0.4 is 32.5 Å². The standard InChI is InChI=1S/C19H34N6O4/c1-5-7-10-25-16(20)15(17(27)23-19(25)29)24(11-8-13(3)4)12-14(26)22-18(28)21-9-6-2/h13H,5-12,20H2,1-4H3,(H,23,27,29)(H2,21,22,26,28). The highest BCUT2D eigenvalue weighted by Crippen LogP contribution is 2.18. The zero-order chi connectivity index (χ0) is 22.0. The molecule has 5 N–H and O–H groups in total. The lowest BCUT2D eigenvalue weighted by Gasteiger charge is -2.26. The number of hydrogen-bond acceptors (Lipinski definition) is 6. The van der Waals surface area contributed by atoms with Crippen molar-refractivity contribution >= 4 is 23.4 Å². The van der Waals surface area contributed by atoms with Crippen molar-refractivity contribution in [2.45, 2.75) is 59.9 Å². The van der Waals surface area contributed by atoms with Crippen molar-refractivity contribution in [1.29, 1.82) is 0 Å². The highest BCUT2D eigenvalue weighted by atomic mass is 16.2. The molecular formula is C19H34N6O4. The fourth-order valence-corrected chi connectivity index (χ4v) is 2.73. The Morgan fingerprint density at radius 2 is 1.90 bits per heavy atom. The molecule has 0 atom stereocenters. The molecule has 0 fully saturated rings. The number of nitrogens with zero attached hydrogens (tertiary/aromatic N) is 2. The highest BCUT2D eigenvalue weighted by molar-refractivity contribution is 5.96. The number of aromatic amines is 1. The van der Waals surface area contributed by atoms with E-state index in [0.717, 1.165) is 19.3 Å². The molecule has 0 aliphatic rings. The van der Waals surface area contributed by atoms with Crippen LogP contribution in [0.2, 0.25) is 0 Å². The van der Waals surface area contributed by atoms with Crippen LogP contribution in [0.3, 0.4) is 0 Å². The molecule has 0 aliphatic carbocycles. The molecule has 164 valence electrons. The van der Waals surface area contributed by atoms with Crippen LogP contribution in [0.4, 0.5) is 16.3 Å². The van der Waals surface area contributed by atoms with Crippen molar-refractivity contribution in [3.8, 4) is 0 Å². The third kappa shape index (κ3) is 7.63. The van der Waals surface area contributed by atoms with Gasteiger partial charge in [0, 0.05) is 19.6 Å². The lowest BCUT2D eigenvalue weighted by Crippen LogP contribution is -2.47. The Kier molecular flexibility index (Phi) is 9.98. The first-order chi connectivity index (χ1) is 13.7. The lowest BCUT2D eigenvalue weighted by molar-refractivity contribution is -0.118. The second-order valence-corrected chi connectivity index (χ2v) is 7.41. The largest absolute Gasteiger partial charge is 0.383 e. The van der Waals surface area contributed by atoms with Gasteiger partial charge in [-0.05, 0) is 25.2 Å². The van der Waals surface area contributed by atoms with Crippen LogP contribution in [0.5, 0.6) is 0 Å². The SMILES string of the molecule is CCCCn1c(N)c(N(CCC(C)C)CC(=O)NC(=O)NCCC)c(=O)[nH]c1=O. The van der Waals surface area contributed by atoms with Crippen LogP contribution in [0, 0.1) is 5.92 Å². The molecule has 0 aromatic carbocycles. The van der Waals surface area contributed by atoms with Crippen LogP contribution in [-0.2, 0) is 11.3 Å². The molecule has 0 saturated heterocycles. The van der Waals surface area contributed by atoms with Gasteiger partial charge in [-0.15, -0.1) is 0 Å². The zero-order valence-corrected chi connectivity index (χ0v) is 17.8. The van der Waals surface area contributed by atoms with E-state index in [0.29, 0.717) is 32.0 Å². The molecule has 1 aromatic rings. The lowest BCUT2D eigenvalue weighted by atomic mass is 10.1. The number of nitrogens with one attached hydrogen (secondary N) is 3. The van der Waals surface area contributed by atoms with Crippen LogP contribution >= 0.6 is 0 Å². The Bertz CT molecular complexity index is 799. The summed E-state index contributed by atoms with van der Waals surface area (Å²) in [5.41, 5.74) is 5.02. The molecule has 10 heteroatoms. The van der Waals surface area contributed by atoms with Crippen LogP contribution in [0.1, 0.15) is 53.4 Å². The summed E-state index contributed by atoms with van der Waals surface area (Å²) in [6.45, 7) is 8.89. The quantitative estimate of drug-likeness (QED) is 0.429. The molecule has 0 radical (unpaired) electrons. The van der Waals surface area contributed by atoms with Crippen LogP contribution in [0.15, 0.2) is 9.59 Å². The number of nitrogens with two attached hydrogens (primary N) is 1. The first kappa shape index (κ1) is 24.3. The maximum Gasteiger partial charge on any atom is 0.330 e. The van der Waals surface area contributed by atoms with Crippen molar-refractivity contribution in [2.75, 3.05) is 30.3 Å². The molecule has 0 bridgehead atoms. The number of H-pyrrole nitrogens is 1. The van der Waals surface area contributed by atoms with Gasteiger partial charge in [-0.3, -0.25) is 24.5 Å². The van der Waals surface area contributed by atoms with E-state index in [1.165, 1.54) is 9.47 Å². The third-order valence-electron chi connectivity index (χ3n) is 4.36. The number of hydrogen-bond donors (Lipinski definition) is 4. The highest BCUT2D eigenvalue weighted by Gasteiger charge is 2.22. The van der Waals surface area contributed by atoms with E-state index in [4.69, 9.17) is 5.73 Å². The number of amides is 3. The Balaban J connectivity index is 3.17.